The maximum atomic E-state index is 12.9. The van der Waals surface area contributed by atoms with Crippen LogP contribution in [0.1, 0.15) is 22.0 Å². The van der Waals surface area contributed by atoms with Crippen LogP contribution in [-0.2, 0) is 0 Å². The van der Waals surface area contributed by atoms with Gasteiger partial charge in [0.05, 0.1) is 0 Å². The van der Waals surface area contributed by atoms with Crippen LogP contribution in [0.3, 0.4) is 0 Å². The number of halogens is 1. The number of anilines is 1. The second-order valence-electron chi connectivity index (χ2n) is 5.23. The van der Waals surface area contributed by atoms with Gasteiger partial charge in [0.1, 0.15) is 6.04 Å². The van der Waals surface area contributed by atoms with Crippen LogP contribution >= 0.6 is 11.6 Å². The second kappa shape index (κ2) is 7.12. The highest BCUT2D eigenvalue weighted by Crippen LogP contribution is 2.25. The molecular weight excluding hydrogens is 306 g/mol. The molecule has 23 heavy (non-hydrogen) atoms. The van der Waals surface area contributed by atoms with Gasteiger partial charge in [0.2, 0.25) is 0 Å². The lowest BCUT2D eigenvalue weighted by atomic mass is 9.97. The number of hydrogen-bond donors (Lipinski definition) is 1. The van der Waals surface area contributed by atoms with E-state index in [0.717, 1.165) is 11.3 Å². The summed E-state index contributed by atoms with van der Waals surface area (Å²) >= 11 is 6.05. The standard InChI is InChI=1S/C20H16ClNO/c21-17-12-7-13-18(14-17)22-19(15-8-3-1-4-9-15)20(23)16-10-5-2-6-11-16/h1-14,19,22H. The van der Waals surface area contributed by atoms with Crippen LogP contribution in [0.5, 0.6) is 0 Å². The zero-order valence-electron chi connectivity index (χ0n) is 12.4. The van der Waals surface area contributed by atoms with E-state index < -0.39 is 6.04 Å². The van der Waals surface area contributed by atoms with E-state index >= 15 is 0 Å². The Morgan fingerprint density at radius 2 is 1.48 bits per heavy atom. The molecule has 1 unspecified atom stereocenters. The number of hydrogen-bond acceptors (Lipinski definition) is 2. The van der Waals surface area contributed by atoms with E-state index in [9.17, 15) is 4.79 Å². The Kier molecular flexibility index (Phi) is 4.74. The molecule has 0 spiro atoms. The number of carbonyl (C=O) groups excluding carboxylic acids is 1. The van der Waals surface area contributed by atoms with Gasteiger partial charge in [-0.05, 0) is 23.8 Å². The van der Waals surface area contributed by atoms with Crippen LogP contribution in [0, 0.1) is 0 Å². The molecule has 0 amide bonds. The number of nitrogens with one attached hydrogen (secondary N) is 1. The van der Waals surface area contributed by atoms with Gasteiger partial charge in [-0.1, -0.05) is 78.3 Å². The first-order valence-corrected chi connectivity index (χ1v) is 7.78. The van der Waals surface area contributed by atoms with Crippen molar-refractivity contribution in [3.63, 3.8) is 0 Å². The lowest BCUT2D eigenvalue weighted by molar-refractivity contribution is 0.0969. The van der Waals surface area contributed by atoms with Crippen LogP contribution in [0.4, 0.5) is 5.69 Å². The molecule has 1 N–H and O–H groups in total. The molecule has 3 aromatic carbocycles. The fourth-order valence-electron chi connectivity index (χ4n) is 2.46. The topological polar surface area (TPSA) is 29.1 Å². The summed E-state index contributed by atoms with van der Waals surface area (Å²) in [6.07, 6.45) is 0. The minimum atomic E-state index is -0.461. The lowest BCUT2D eigenvalue weighted by Gasteiger charge is -2.19. The average Bonchev–Trinajstić information content (AvgIpc) is 2.61. The fraction of sp³-hybridized carbons (Fsp3) is 0.0500. The Bertz CT molecular complexity index is 787. The highest BCUT2D eigenvalue weighted by Gasteiger charge is 2.21. The Morgan fingerprint density at radius 1 is 0.826 bits per heavy atom. The predicted molar refractivity (Wildman–Crippen MR) is 95.0 cm³/mol. The molecule has 0 aliphatic heterocycles. The van der Waals surface area contributed by atoms with E-state index in [4.69, 9.17) is 11.6 Å². The fourth-order valence-corrected chi connectivity index (χ4v) is 2.65. The van der Waals surface area contributed by atoms with E-state index in [1.807, 2.05) is 84.9 Å². The van der Waals surface area contributed by atoms with Crippen molar-refractivity contribution in [2.24, 2.45) is 0 Å². The molecule has 0 radical (unpaired) electrons. The van der Waals surface area contributed by atoms with Gasteiger partial charge in [0.15, 0.2) is 5.78 Å². The molecule has 3 aromatic rings. The number of carbonyl (C=O) groups is 1. The normalized spacial score (nSPS) is 11.7. The number of benzene rings is 3. The van der Waals surface area contributed by atoms with Gasteiger partial charge in [0.25, 0.3) is 0 Å². The summed E-state index contributed by atoms with van der Waals surface area (Å²) in [6, 6.07) is 25.9. The van der Waals surface area contributed by atoms with Crippen LogP contribution in [-0.4, -0.2) is 5.78 Å². The van der Waals surface area contributed by atoms with Crippen molar-refractivity contribution >= 4 is 23.1 Å². The van der Waals surface area contributed by atoms with E-state index in [1.165, 1.54) is 0 Å². The molecule has 0 aliphatic carbocycles. The number of Topliss-reactive ketones (excluding diaryl/α,β-unsaturated/α-hetero) is 1. The van der Waals surface area contributed by atoms with Crippen LogP contribution in [0.25, 0.3) is 0 Å². The van der Waals surface area contributed by atoms with Gasteiger partial charge in [-0.3, -0.25) is 4.79 Å². The van der Waals surface area contributed by atoms with E-state index in [2.05, 4.69) is 5.32 Å². The highest BCUT2D eigenvalue weighted by atomic mass is 35.5. The summed E-state index contributed by atoms with van der Waals surface area (Å²) in [6.45, 7) is 0. The van der Waals surface area contributed by atoms with Crippen LogP contribution in [0.15, 0.2) is 84.9 Å². The zero-order valence-corrected chi connectivity index (χ0v) is 13.2. The molecule has 0 aliphatic rings. The number of rotatable bonds is 5. The van der Waals surface area contributed by atoms with Gasteiger partial charge in [0, 0.05) is 16.3 Å². The van der Waals surface area contributed by atoms with E-state index in [0.29, 0.717) is 10.6 Å². The van der Waals surface area contributed by atoms with E-state index in [1.54, 1.807) is 0 Å². The first-order valence-electron chi connectivity index (χ1n) is 7.40. The Labute approximate surface area is 140 Å². The molecule has 3 heteroatoms. The molecule has 0 heterocycles. The molecule has 0 saturated carbocycles. The number of ketones is 1. The largest absolute Gasteiger partial charge is 0.371 e. The summed E-state index contributed by atoms with van der Waals surface area (Å²) in [7, 11) is 0. The maximum Gasteiger partial charge on any atom is 0.189 e. The summed E-state index contributed by atoms with van der Waals surface area (Å²) in [5.41, 5.74) is 2.41. The molecule has 2 nitrogen and oxygen atoms in total. The third-order valence-corrected chi connectivity index (χ3v) is 3.82. The van der Waals surface area contributed by atoms with Crippen molar-refractivity contribution in [3.8, 4) is 0 Å². The SMILES string of the molecule is O=C(c1ccccc1)C(Nc1cccc(Cl)c1)c1ccccc1. The molecule has 1 atom stereocenters. The van der Waals surface area contributed by atoms with Crippen molar-refractivity contribution in [1.29, 1.82) is 0 Å². The Balaban J connectivity index is 1.96. The third-order valence-electron chi connectivity index (χ3n) is 3.59. The lowest BCUT2D eigenvalue weighted by Crippen LogP contribution is -2.21. The van der Waals surface area contributed by atoms with Gasteiger partial charge in [-0.2, -0.15) is 0 Å². The van der Waals surface area contributed by atoms with Gasteiger partial charge in [-0.25, -0.2) is 0 Å². The maximum absolute atomic E-state index is 12.9. The van der Waals surface area contributed by atoms with Crippen molar-refractivity contribution in [1.82, 2.24) is 0 Å². The molecule has 0 fully saturated rings. The van der Waals surface area contributed by atoms with Crippen LogP contribution in [0.2, 0.25) is 5.02 Å². The molecule has 0 saturated heterocycles. The summed E-state index contributed by atoms with van der Waals surface area (Å²) in [5.74, 6) is 0.0248. The molecule has 0 bridgehead atoms. The summed E-state index contributed by atoms with van der Waals surface area (Å²) in [4.78, 5) is 12.9. The van der Waals surface area contributed by atoms with Crippen molar-refractivity contribution in [2.45, 2.75) is 6.04 Å². The Morgan fingerprint density at radius 3 is 2.13 bits per heavy atom. The van der Waals surface area contributed by atoms with Crippen molar-refractivity contribution in [2.75, 3.05) is 5.32 Å². The van der Waals surface area contributed by atoms with Crippen molar-refractivity contribution in [3.05, 3.63) is 101 Å². The van der Waals surface area contributed by atoms with E-state index in [-0.39, 0.29) is 5.78 Å². The third kappa shape index (κ3) is 3.79. The van der Waals surface area contributed by atoms with Gasteiger partial charge >= 0.3 is 0 Å². The molecule has 114 valence electrons. The second-order valence-corrected chi connectivity index (χ2v) is 5.67. The predicted octanol–water partition coefficient (Wildman–Crippen LogP) is 5.38. The minimum Gasteiger partial charge on any atom is -0.371 e. The first kappa shape index (κ1) is 15.3. The average molecular weight is 322 g/mol. The smallest absolute Gasteiger partial charge is 0.189 e. The molecule has 0 aromatic heterocycles. The van der Waals surface area contributed by atoms with Crippen LogP contribution < -0.4 is 5.32 Å². The summed E-state index contributed by atoms with van der Waals surface area (Å²) < 4.78 is 0. The monoisotopic (exact) mass is 321 g/mol. The van der Waals surface area contributed by atoms with Gasteiger partial charge < -0.3 is 5.32 Å². The summed E-state index contributed by atoms with van der Waals surface area (Å²) in [5, 5.41) is 3.93. The minimum absolute atomic E-state index is 0.0248. The molecule has 3 rings (SSSR count). The quantitative estimate of drug-likeness (QED) is 0.639. The highest BCUT2D eigenvalue weighted by molar-refractivity contribution is 6.30. The first-order chi connectivity index (χ1) is 11.2. The van der Waals surface area contributed by atoms with Gasteiger partial charge in [-0.15, -0.1) is 0 Å². The van der Waals surface area contributed by atoms with Crippen molar-refractivity contribution < 1.29 is 4.79 Å². The zero-order chi connectivity index (χ0) is 16.1. The molecular formula is C20H16ClNO. The Hall–Kier alpha value is -2.58.